The van der Waals surface area contributed by atoms with E-state index < -0.39 is 0 Å². The van der Waals surface area contributed by atoms with Gasteiger partial charge in [-0.1, -0.05) is 24.3 Å². The molecule has 2 aromatic rings. The van der Waals surface area contributed by atoms with Gasteiger partial charge in [0.1, 0.15) is 13.2 Å². The first-order valence-electron chi connectivity index (χ1n) is 10.5. The lowest BCUT2D eigenvalue weighted by atomic mass is 9.97. The van der Waals surface area contributed by atoms with Crippen LogP contribution in [0, 0.1) is 0 Å². The van der Waals surface area contributed by atoms with E-state index in [1.54, 1.807) is 0 Å². The minimum Gasteiger partial charge on any atom is -0.486 e. The molecule has 1 fully saturated rings. The SMILES string of the molecule is CN1CC(CCN2CCN(c3cccc4c3OCCO4)CC2)c2ccccc21. The Morgan fingerprint density at radius 2 is 1.68 bits per heavy atom. The molecule has 1 atom stereocenters. The molecule has 1 unspecified atom stereocenters. The van der Waals surface area contributed by atoms with Crippen LogP contribution in [0.2, 0.25) is 0 Å². The van der Waals surface area contributed by atoms with E-state index in [0.717, 1.165) is 44.2 Å². The molecule has 0 aromatic heterocycles. The normalized spacial score (nSPS) is 21.7. The van der Waals surface area contributed by atoms with Crippen LogP contribution in [0.4, 0.5) is 11.4 Å². The fourth-order valence-corrected chi connectivity index (χ4v) is 4.81. The maximum Gasteiger partial charge on any atom is 0.184 e. The molecule has 0 spiro atoms. The molecule has 0 bridgehead atoms. The number of hydrogen-bond donors (Lipinski definition) is 0. The van der Waals surface area contributed by atoms with Gasteiger partial charge in [0, 0.05) is 51.4 Å². The number of fused-ring (bicyclic) bond motifs is 2. The lowest BCUT2D eigenvalue weighted by molar-refractivity contribution is 0.171. The van der Waals surface area contributed by atoms with Crippen LogP contribution in [0.25, 0.3) is 0 Å². The minimum absolute atomic E-state index is 0.640. The highest BCUT2D eigenvalue weighted by atomic mass is 16.6. The molecular formula is C23H29N3O2. The molecule has 3 aliphatic heterocycles. The summed E-state index contributed by atoms with van der Waals surface area (Å²) in [5.41, 5.74) is 4.12. The summed E-state index contributed by atoms with van der Waals surface area (Å²) in [4.78, 5) is 7.46. The van der Waals surface area contributed by atoms with Gasteiger partial charge in [0.15, 0.2) is 11.5 Å². The molecule has 5 nitrogen and oxygen atoms in total. The van der Waals surface area contributed by atoms with E-state index in [4.69, 9.17) is 9.47 Å². The minimum atomic E-state index is 0.640. The van der Waals surface area contributed by atoms with Crippen LogP contribution >= 0.6 is 0 Å². The number of hydrogen-bond acceptors (Lipinski definition) is 5. The quantitative estimate of drug-likeness (QED) is 0.814. The summed E-state index contributed by atoms with van der Waals surface area (Å²) in [6, 6.07) is 15.1. The van der Waals surface area contributed by atoms with E-state index in [1.807, 2.05) is 6.07 Å². The van der Waals surface area contributed by atoms with E-state index in [-0.39, 0.29) is 0 Å². The highest BCUT2D eigenvalue weighted by molar-refractivity contribution is 5.65. The Labute approximate surface area is 167 Å². The zero-order valence-corrected chi connectivity index (χ0v) is 16.6. The van der Waals surface area contributed by atoms with Crippen LogP contribution in [0.3, 0.4) is 0 Å². The molecule has 2 aromatic carbocycles. The Hall–Kier alpha value is -2.40. The van der Waals surface area contributed by atoms with E-state index in [2.05, 4.69) is 58.1 Å². The van der Waals surface area contributed by atoms with Gasteiger partial charge in [-0.05, 0) is 36.7 Å². The van der Waals surface area contributed by atoms with Crippen LogP contribution < -0.4 is 19.3 Å². The predicted octanol–water partition coefficient (Wildman–Crippen LogP) is 3.20. The lowest BCUT2D eigenvalue weighted by Gasteiger charge is -2.37. The van der Waals surface area contributed by atoms with Crippen LogP contribution in [0.5, 0.6) is 11.5 Å². The first kappa shape index (κ1) is 17.7. The molecule has 3 heterocycles. The van der Waals surface area contributed by atoms with E-state index in [0.29, 0.717) is 19.1 Å². The Morgan fingerprint density at radius 1 is 0.893 bits per heavy atom. The van der Waals surface area contributed by atoms with Crippen molar-refractivity contribution in [2.75, 3.05) is 69.3 Å². The Bertz CT molecular complexity index is 832. The fraction of sp³-hybridized carbons (Fsp3) is 0.478. The summed E-state index contributed by atoms with van der Waals surface area (Å²) in [5, 5.41) is 0. The van der Waals surface area contributed by atoms with Crippen molar-refractivity contribution in [2.45, 2.75) is 12.3 Å². The average Bonchev–Trinajstić information content (AvgIpc) is 3.08. The molecule has 28 heavy (non-hydrogen) atoms. The maximum absolute atomic E-state index is 5.91. The summed E-state index contributed by atoms with van der Waals surface area (Å²) >= 11 is 0. The summed E-state index contributed by atoms with van der Waals surface area (Å²) in [6.45, 7) is 7.90. The average molecular weight is 380 g/mol. The van der Waals surface area contributed by atoms with Gasteiger partial charge in [-0.2, -0.15) is 0 Å². The molecule has 0 saturated carbocycles. The molecule has 3 aliphatic rings. The zero-order valence-electron chi connectivity index (χ0n) is 16.6. The van der Waals surface area contributed by atoms with Gasteiger partial charge in [0.25, 0.3) is 0 Å². The van der Waals surface area contributed by atoms with Gasteiger partial charge in [0.05, 0.1) is 5.69 Å². The van der Waals surface area contributed by atoms with Gasteiger partial charge in [-0.15, -0.1) is 0 Å². The molecule has 0 amide bonds. The second-order valence-corrected chi connectivity index (χ2v) is 8.05. The fourth-order valence-electron chi connectivity index (χ4n) is 4.81. The second-order valence-electron chi connectivity index (χ2n) is 8.05. The van der Waals surface area contributed by atoms with Crippen molar-refractivity contribution >= 4 is 11.4 Å². The number of anilines is 2. The predicted molar refractivity (Wildman–Crippen MR) is 113 cm³/mol. The summed E-state index contributed by atoms with van der Waals surface area (Å²) < 4.78 is 11.7. The third-order valence-electron chi connectivity index (χ3n) is 6.33. The van der Waals surface area contributed by atoms with Gasteiger partial charge in [-0.3, -0.25) is 4.90 Å². The standard InChI is InChI=1S/C23H29N3O2/c1-24-17-18(19-5-2-3-6-20(19)24)9-10-25-11-13-26(14-12-25)21-7-4-8-22-23(21)28-16-15-27-22/h2-8,18H,9-17H2,1H3. The number of ether oxygens (including phenoxy) is 2. The Morgan fingerprint density at radius 3 is 2.57 bits per heavy atom. The Balaban J connectivity index is 1.18. The molecule has 0 radical (unpaired) electrons. The number of nitrogens with zero attached hydrogens (tertiary/aromatic N) is 3. The van der Waals surface area contributed by atoms with Gasteiger partial charge in [0.2, 0.25) is 0 Å². The zero-order chi connectivity index (χ0) is 18.9. The highest BCUT2D eigenvalue weighted by Crippen LogP contribution is 2.40. The molecule has 0 aliphatic carbocycles. The highest BCUT2D eigenvalue weighted by Gasteiger charge is 2.27. The molecule has 5 heteroatoms. The third-order valence-corrected chi connectivity index (χ3v) is 6.33. The first-order chi connectivity index (χ1) is 13.8. The lowest BCUT2D eigenvalue weighted by Crippen LogP contribution is -2.47. The van der Waals surface area contributed by atoms with Gasteiger partial charge in [-0.25, -0.2) is 0 Å². The van der Waals surface area contributed by atoms with Crippen LogP contribution in [0.1, 0.15) is 17.9 Å². The van der Waals surface area contributed by atoms with Crippen LogP contribution in [-0.4, -0.2) is 64.4 Å². The van der Waals surface area contributed by atoms with Crippen molar-refractivity contribution in [1.82, 2.24) is 4.90 Å². The number of rotatable bonds is 4. The largest absolute Gasteiger partial charge is 0.486 e. The van der Waals surface area contributed by atoms with Crippen molar-refractivity contribution < 1.29 is 9.47 Å². The number of para-hydroxylation sites is 2. The summed E-state index contributed by atoms with van der Waals surface area (Å²) in [7, 11) is 2.21. The topological polar surface area (TPSA) is 28.2 Å². The van der Waals surface area contributed by atoms with E-state index in [9.17, 15) is 0 Å². The van der Waals surface area contributed by atoms with Crippen molar-refractivity contribution in [3.8, 4) is 11.5 Å². The molecule has 5 rings (SSSR count). The van der Waals surface area contributed by atoms with Crippen molar-refractivity contribution in [3.63, 3.8) is 0 Å². The first-order valence-corrected chi connectivity index (χ1v) is 10.5. The monoisotopic (exact) mass is 379 g/mol. The maximum atomic E-state index is 5.91. The molecule has 0 N–H and O–H groups in total. The number of piperazine rings is 1. The molecular weight excluding hydrogens is 350 g/mol. The van der Waals surface area contributed by atoms with Gasteiger partial charge >= 0.3 is 0 Å². The van der Waals surface area contributed by atoms with Crippen LogP contribution in [0.15, 0.2) is 42.5 Å². The van der Waals surface area contributed by atoms with Crippen LogP contribution in [-0.2, 0) is 0 Å². The van der Waals surface area contributed by atoms with Gasteiger partial charge < -0.3 is 19.3 Å². The number of likely N-dealkylation sites (N-methyl/N-ethyl adjacent to an activating group) is 1. The smallest absolute Gasteiger partial charge is 0.184 e. The molecule has 1 saturated heterocycles. The molecule has 148 valence electrons. The van der Waals surface area contributed by atoms with E-state index >= 15 is 0 Å². The van der Waals surface area contributed by atoms with Crippen molar-refractivity contribution in [2.24, 2.45) is 0 Å². The second kappa shape index (κ2) is 7.55. The van der Waals surface area contributed by atoms with E-state index in [1.165, 1.54) is 29.9 Å². The number of benzene rings is 2. The summed E-state index contributed by atoms with van der Waals surface area (Å²) in [6.07, 6.45) is 1.24. The Kier molecular flexibility index (Phi) is 4.77. The van der Waals surface area contributed by atoms with Crippen molar-refractivity contribution in [1.29, 1.82) is 0 Å². The van der Waals surface area contributed by atoms with Crippen molar-refractivity contribution in [3.05, 3.63) is 48.0 Å². The third kappa shape index (κ3) is 3.28. The summed E-state index contributed by atoms with van der Waals surface area (Å²) in [5.74, 6) is 2.47.